The van der Waals surface area contributed by atoms with E-state index in [1.807, 2.05) is 50.2 Å². The van der Waals surface area contributed by atoms with Crippen LogP contribution < -0.4 is 4.67 Å². The molecule has 8 rings (SSSR count). The van der Waals surface area contributed by atoms with E-state index in [2.05, 4.69) is 150 Å². The Hall–Kier alpha value is -4.61. The van der Waals surface area contributed by atoms with E-state index in [4.69, 9.17) is 18.5 Å². The van der Waals surface area contributed by atoms with Crippen LogP contribution in [-0.2, 0) is 36.3 Å². The van der Waals surface area contributed by atoms with Crippen LogP contribution in [0.1, 0.15) is 41.7 Å². The molecule has 0 aromatic heterocycles. The molecule has 2 atom stereocenters. The number of nitrogens with zero attached hydrogens (tertiary/aromatic N) is 1. The molecule has 0 saturated carbocycles. The molecule has 2 saturated heterocycles. The Balaban J connectivity index is 1.46. The smallest absolute Gasteiger partial charge is 0.292 e. The van der Waals surface area contributed by atoms with Gasteiger partial charge in [0.15, 0.2) is 17.0 Å². The molecular formula is C44H40NO4P. The van der Waals surface area contributed by atoms with E-state index < -0.39 is 37.7 Å². The highest BCUT2D eigenvalue weighted by Gasteiger charge is 2.67. The first kappa shape index (κ1) is 32.6. The van der Waals surface area contributed by atoms with E-state index in [1.54, 1.807) is 0 Å². The lowest BCUT2D eigenvalue weighted by Crippen LogP contribution is -2.53. The maximum absolute atomic E-state index is 7.83. The molecule has 6 aromatic rings. The molecule has 50 heavy (non-hydrogen) atoms. The molecule has 2 aliphatic rings. The van der Waals surface area contributed by atoms with Gasteiger partial charge in [0.05, 0.1) is 6.54 Å². The number of para-hydroxylation sites is 1. The predicted molar refractivity (Wildman–Crippen MR) is 199 cm³/mol. The minimum atomic E-state index is -1.91. The van der Waals surface area contributed by atoms with Gasteiger partial charge in [-0.15, -0.1) is 0 Å². The first-order valence-electron chi connectivity index (χ1n) is 17.1. The van der Waals surface area contributed by atoms with Crippen LogP contribution in [0.2, 0.25) is 0 Å². The molecule has 0 amide bonds. The number of rotatable bonds is 8. The van der Waals surface area contributed by atoms with Crippen LogP contribution in [-0.4, -0.2) is 18.0 Å². The highest BCUT2D eigenvalue weighted by atomic mass is 31.2. The Morgan fingerprint density at radius 2 is 0.780 bits per heavy atom. The molecule has 0 radical (unpaired) electrons. The highest BCUT2D eigenvalue weighted by Crippen LogP contribution is 2.66. The molecule has 0 spiro atoms. The molecule has 0 aliphatic carbocycles. The lowest BCUT2D eigenvalue weighted by Gasteiger charge is -2.42. The summed E-state index contributed by atoms with van der Waals surface area (Å²) in [5, 5.41) is 0. The van der Waals surface area contributed by atoms with Crippen LogP contribution in [0.5, 0.6) is 0 Å². The number of hydrogen-bond acceptors (Lipinski definition) is 5. The number of benzene rings is 6. The van der Waals surface area contributed by atoms with Crippen molar-refractivity contribution < 1.29 is 18.5 Å². The summed E-state index contributed by atoms with van der Waals surface area (Å²) in [7, 11) is -1.91. The Labute approximate surface area is 296 Å². The summed E-state index contributed by atoms with van der Waals surface area (Å²) in [6.07, 6.45) is -1.27. The fourth-order valence-electron chi connectivity index (χ4n) is 7.37. The van der Waals surface area contributed by atoms with Gasteiger partial charge in [-0.1, -0.05) is 170 Å². The second-order valence-electron chi connectivity index (χ2n) is 13.2. The first-order chi connectivity index (χ1) is 24.5. The van der Waals surface area contributed by atoms with Crippen molar-refractivity contribution in [2.45, 2.75) is 49.6 Å². The van der Waals surface area contributed by atoms with Crippen LogP contribution >= 0.6 is 8.53 Å². The van der Waals surface area contributed by atoms with Crippen molar-refractivity contribution in [2.24, 2.45) is 0 Å². The second-order valence-corrected chi connectivity index (χ2v) is 14.5. The van der Waals surface area contributed by atoms with E-state index in [9.17, 15) is 0 Å². The van der Waals surface area contributed by atoms with Gasteiger partial charge in [0.25, 0.3) is 8.53 Å². The maximum atomic E-state index is 7.83. The average molecular weight is 678 g/mol. The van der Waals surface area contributed by atoms with Crippen LogP contribution in [0.25, 0.3) is 0 Å². The summed E-state index contributed by atoms with van der Waals surface area (Å²) < 4.78 is 32.3. The van der Waals surface area contributed by atoms with Crippen LogP contribution in [0.4, 0.5) is 5.69 Å². The molecule has 2 heterocycles. The first-order valence-corrected chi connectivity index (χ1v) is 18.3. The van der Waals surface area contributed by atoms with E-state index in [0.717, 1.165) is 33.5 Å². The van der Waals surface area contributed by atoms with Crippen molar-refractivity contribution in [1.82, 2.24) is 0 Å². The lowest BCUT2D eigenvalue weighted by molar-refractivity contribution is -0.174. The number of fused-ring (bicyclic) bond motifs is 1. The normalized spacial score (nSPS) is 20.8. The molecule has 6 aromatic carbocycles. The van der Waals surface area contributed by atoms with Crippen molar-refractivity contribution >= 4 is 14.2 Å². The minimum absolute atomic E-state index is 0.554. The van der Waals surface area contributed by atoms with Gasteiger partial charge in [0, 0.05) is 5.69 Å². The maximum Gasteiger partial charge on any atom is 0.292 e. The van der Waals surface area contributed by atoms with Crippen molar-refractivity contribution in [3.63, 3.8) is 0 Å². The molecule has 6 heteroatoms. The Morgan fingerprint density at radius 1 is 0.460 bits per heavy atom. The van der Waals surface area contributed by atoms with Gasteiger partial charge in [0.2, 0.25) is 0 Å². The molecule has 250 valence electrons. The highest BCUT2D eigenvalue weighted by molar-refractivity contribution is 7.49. The van der Waals surface area contributed by atoms with Gasteiger partial charge in [-0.05, 0) is 53.8 Å². The zero-order valence-corrected chi connectivity index (χ0v) is 29.1. The summed E-state index contributed by atoms with van der Waals surface area (Å²) in [6.45, 7) is 4.52. The van der Waals surface area contributed by atoms with Crippen molar-refractivity contribution in [3.05, 3.63) is 210 Å². The molecule has 2 aliphatic heterocycles. The Kier molecular flexibility index (Phi) is 8.86. The van der Waals surface area contributed by atoms with E-state index in [-0.39, 0.29) is 0 Å². The summed E-state index contributed by atoms with van der Waals surface area (Å²) in [5.74, 6) is -0.949. The summed E-state index contributed by atoms with van der Waals surface area (Å²) >= 11 is 0. The van der Waals surface area contributed by atoms with E-state index >= 15 is 0 Å². The monoisotopic (exact) mass is 677 g/mol. The fraction of sp³-hybridized carbons (Fsp3) is 0.182. The van der Waals surface area contributed by atoms with Gasteiger partial charge < -0.3 is 14.1 Å². The second kappa shape index (κ2) is 13.6. The zero-order chi connectivity index (χ0) is 34.0. The van der Waals surface area contributed by atoms with Gasteiger partial charge in [-0.3, -0.25) is 9.05 Å². The summed E-state index contributed by atoms with van der Waals surface area (Å²) in [5.41, 5.74) is 3.70. The van der Waals surface area contributed by atoms with Gasteiger partial charge >= 0.3 is 0 Å². The predicted octanol–water partition coefficient (Wildman–Crippen LogP) is 10.4. The topological polar surface area (TPSA) is 40.2 Å². The molecule has 5 nitrogen and oxygen atoms in total. The lowest BCUT2D eigenvalue weighted by atomic mass is 9.72. The van der Waals surface area contributed by atoms with Crippen LogP contribution in [0.15, 0.2) is 182 Å². The molecule has 2 fully saturated rings. The zero-order valence-electron chi connectivity index (χ0n) is 28.2. The number of ether oxygens (including phenoxy) is 2. The van der Waals surface area contributed by atoms with Crippen molar-refractivity contribution in [2.75, 3.05) is 4.67 Å². The summed E-state index contributed by atoms with van der Waals surface area (Å²) in [4.78, 5) is 0. The SMILES string of the molecule is CC1(C)O[C@@H]2[C@@H](O1)C(c1ccccc1)(c1ccccc1)OP(N(Cc1ccccc1)c1ccccc1)OC2(c1ccccc1)c1ccccc1. The minimum Gasteiger partial charge on any atom is -0.341 e. The van der Waals surface area contributed by atoms with E-state index in [1.165, 1.54) is 0 Å². The van der Waals surface area contributed by atoms with Gasteiger partial charge in [0.1, 0.15) is 12.2 Å². The standard InChI is InChI=1S/C44H40NO4P/c1-42(2)46-40-41(47-42)44(37-27-15-6-16-28-37,38-29-17-7-18-30-38)49-50(45(39-31-19-8-20-32-39)33-34-21-9-3-10-22-34)48-43(40,35-23-11-4-12-24-35)36-25-13-5-14-26-36/h3-32,40-41H,33H2,1-2H3/t40-,41-/m1/s1. The summed E-state index contributed by atoms with van der Waals surface area (Å²) in [6, 6.07) is 62.6. The molecule has 0 N–H and O–H groups in total. The third-order valence-electron chi connectivity index (χ3n) is 9.58. The number of anilines is 1. The molecular weight excluding hydrogens is 637 g/mol. The average Bonchev–Trinajstić information content (AvgIpc) is 3.46. The quantitative estimate of drug-likeness (QED) is 0.150. The molecule has 0 bridgehead atoms. The van der Waals surface area contributed by atoms with Gasteiger partial charge in [-0.25, -0.2) is 0 Å². The fourth-order valence-corrected chi connectivity index (χ4v) is 9.32. The third kappa shape index (κ3) is 5.86. The van der Waals surface area contributed by atoms with Crippen LogP contribution in [0, 0.1) is 0 Å². The van der Waals surface area contributed by atoms with Gasteiger partial charge in [-0.2, -0.15) is 0 Å². The van der Waals surface area contributed by atoms with Crippen LogP contribution in [0.3, 0.4) is 0 Å². The number of hydrogen-bond donors (Lipinski definition) is 0. The Bertz CT molecular complexity index is 1800. The molecule has 0 unspecified atom stereocenters. The third-order valence-corrected chi connectivity index (χ3v) is 11.2. The van der Waals surface area contributed by atoms with Crippen molar-refractivity contribution in [1.29, 1.82) is 0 Å². The van der Waals surface area contributed by atoms with E-state index in [0.29, 0.717) is 6.54 Å². The largest absolute Gasteiger partial charge is 0.341 e. The van der Waals surface area contributed by atoms with Crippen molar-refractivity contribution in [3.8, 4) is 0 Å². The Morgan fingerprint density at radius 3 is 1.14 bits per heavy atom.